The lowest BCUT2D eigenvalue weighted by molar-refractivity contribution is -0.131. The minimum atomic E-state index is 0.103. The van der Waals surface area contributed by atoms with Crippen molar-refractivity contribution in [2.45, 2.75) is 25.3 Å². The largest absolute Gasteiger partial charge is 0.341 e. The van der Waals surface area contributed by atoms with Gasteiger partial charge in [-0.15, -0.1) is 0 Å². The average molecular weight is 301 g/mol. The molecule has 1 aliphatic heterocycles. The van der Waals surface area contributed by atoms with Gasteiger partial charge in [-0.2, -0.15) is 4.98 Å². The van der Waals surface area contributed by atoms with Crippen LogP contribution >= 0.6 is 0 Å². The van der Waals surface area contributed by atoms with Crippen LogP contribution in [0.1, 0.15) is 18.7 Å². The van der Waals surface area contributed by atoms with E-state index in [0.29, 0.717) is 36.3 Å². The predicted octanol–water partition coefficient (Wildman–Crippen LogP) is 0.884. The number of amides is 1. The lowest BCUT2D eigenvalue weighted by Crippen LogP contribution is -2.38. The lowest BCUT2D eigenvalue weighted by Gasteiger charge is -2.23. The van der Waals surface area contributed by atoms with Gasteiger partial charge in [-0.25, -0.2) is 0 Å². The van der Waals surface area contributed by atoms with E-state index >= 15 is 0 Å². The Hall–Kier alpha value is -2.28. The third kappa shape index (κ3) is 3.30. The molecule has 22 heavy (non-hydrogen) atoms. The van der Waals surface area contributed by atoms with Crippen LogP contribution in [0.3, 0.4) is 0 Å². The molecule has 0 saturated carbocycles. The van der Waals surface area contributed by atoms with Crippen molar-refractivity contribution in [2.24, 2.45) is 0 Å². The van der Waals surface area contributed by atoms with Gasteiger partial charge in [-0.05, 0) is 25.1 Å². The van der Waals surface area contributed by atoms with Crippen molar-refractivity contribution in [3.8, 4) is 11.5 Å². The molecule has 0 aliphatic carbocycles. The molecular weight excluding hydrogens is 282 g/mol. The van der Waals surface area contributed by atoms with Crippen LogP contribution in [0.4, 0.5) is 0 Å². The maximum absolute atomic E-state index is 12.2. The topological polar surface area (TPSA) is 84.2 Å². The highest BCUT2D eigenvalue weighted by molar-refractivity contribution is 5.76. The van der Waals surface area contributed by atoms with E-state index in [9.17, 15) is 4.79 Å². The molecule has 0 bridgehead atoms. The van der Waals surface area contributed by atoms with Crippen LogP contribution in [0.25, 0.3) is 11.5 Å². The molecule has 1 fully saturated rings. The van der Waals surface area contributed by atoms with Gasteiger partial charge in [0.2, 0.25) is 17.6 Å². The summed E-state index contributed by atoms with van der Waals surface area (Å²) in [5.74, 6) is 1.02. The molecule has 3 heterocycles. The minimum absolute atomic E-state index is 0.103. The fraction of sp³-hybridized carbons (Fsp3) is 0.467. The van der Waals surface area contributed by atoms with E-state index < -0.39 is 0 Å². The molecule has 1 saturated heterocycles. The lowest BCUT2D eigenvalue weighted by atomic mass is 10.2. The van der Waals surface area contributed by atoms with E-state index in [0.717, 1.165) is 19.5 Å². The van der Waals surface area contributed by atoms with Crippen LogP contribution in [0.5, 0.6) is 0 Å². The highest BCUT2D eigenvalue weighted by Gasteiger charge is 2.23. The second-order valence-electron chi connectivity index (χ2n) is 5.38. The summed E-state index contributed by atoms with van der Waals surface area (Å²) in [6.45, 7) is 1.84. The number of hydrogen-bond donors (Lipinski definition) is 1. The first-order valence-corrected chi connectivity index (χ1v) is 7.44. The highest BCUT2D eigenvalue weighted by atomic mass is 16.5. The Labute approximate surface area is 128 Å². The Balaban J connectivity index is 1.55. The van der Waals surface area contributed by atoms with Gasteiger partial charge >= 0.3 is 0 Å². The van der Waals surface area contributed by atoms with Crippen molar-refractivity contribution in [2.75, 3.05) is 20.1 Å². The average Bonchev–Trinajstić information content (AvgIpc) is 3.24. The van der Waals surface area contributed by atoms with E-state index in [1.54, 1.807) is 6.20 Å². The normalized spacial score (nSPS) is 17.6. The third-order valence-electron chi connectivity index (χ3n) is 3.89. The van der Waals surface area contributed by atoms with Crippen LogP contribution in [-0.4, -0.2) is 52.1 Å². The summed E-state index contributed by atoms with van der Waals surface area (Å²) < 4.78 is 5.19. The molecule has 1 aliphatic rings. The Bertz CT molecular complexity index is 622. The van der Waals surface area contributed by atoms with E-state index in [4.69, 9.17) is 4.52 Å². The van der Waals surface area contributed by atoms with Crippen LogP contribution in [0.15, 0.2) is 28.9 Å². The molecule has 116 valence electrons. The predicted molar refractivity (Wildman–Crippen MR) is 79.9 cm³/mol. The molecule has 0 spiro atoms. The SMILES string of the molecule is CN(C(=O)CCc1nc(-c2ccccn2)no1)C1CCNC1. The van der Waals surface area contributed by atoms with Gasteiger partial charge < -0.3 is 14.7 Å². The number of aryl methyl sites for hydroxylation is 1. The second kappa shape index (κ2) is 6.65. The molecule has 1 amide bonds. The Morgan fingerprint density at radius 2 is 2.41 bits per heavy atom. The van der Waals surface area contributed by atoms with Gasteiger partial charge in [0.15, 0.2) is 0 Å². The van der Waals surface area contributed by atoms with Crippen LogP contribution in [-0.2, 0) is 11.2 Å². The molecule has 2 aromatic rings. The first-order chi connectivity index (χ1) is 10.7. The Kier molecular flexibility index (Phi) is 4.43. The quantitative estimate of drug-likeness (QED) is 0.882. The third-order valence-corrected chi connectivity index (χ3v) is 3.89. The van der Waals surface area contributed by atoms with Crippen LogP contribution in [0.2, 0.25) is 0 Å². The standard InChI is InChI=1S/C15H19N5O2/c1-20(11-7-9-16-10-11)14(21)6-5-13-18-15(19-22-13)12-4-2-3-8-17-12/h2-4,8,11,16H,5-7,9-10H2,1H3. The van der Waals surface area contributed by atoms with Gasteiger partial charge in [0, 0.05) is 38.7 Å². The number of pyridine rings is 1. The van der Waals surface area contributed by atoms with Crippen LogP contribution in [0, 0.1) is 0 Å². The number of likely N-dealkylation sites (N-methyl/N-ethyl adjacent to an activating group) is 1. The van der Waals surface area contributed by atoms with Crippen molar-refractivity contribution >= 4 is 5.91 Å². The Morgan fingerprint density at radius 3 is 3.14 bits per heavy atom. The summed E-state index contributed by atoms with van der Waals surface area (Å²) in [6, 6.07) is 5.81. The maximum Gasteiger partial charge on any atom is 0.227 e. The Morgan fingerprint density at radius 1 is 1.50 bits per heavy atom. The summed E-state index contributed by atoms with van der Waals surface area (Å²) in [6.07, 6.45) is 3.51. The number of aromatic nitrogens is 3. The first kappa shape index (κ1) is 14.6. The number of hydrogen-bond acceptors (Lipinski definition) is 6. The molecule has 1 N–H and O–H groups in total. The minimum Gasteiger partial charge on any atom is -0.341 e. The first-order valence-electron chi connectivity index (χ1n) is 7.44. The van der Waals surface area contributed by atoms with Crippen LogP contribution < -0.4 is 5.32 Å². The molecule has 0 radical (unpaired) electrons. The molecule has 7 heteroatoms. The number of carbonyl (C=O) groups excluding carboxylic acids is 1. The fourth-order valence-electron chi connectivity index (χ4n) is 2.52. The molecule has 1 unspecified atom stereocenters. The highest BCUT2D eigenvalue weighted by Crippen LogP contribution is 2.14. The monoisotopic (exact) mass is 301 g/mol. The van der Waals surface area contributed by atoms with E-state index in [1.165, 1.54) is 0 Å². The number of rotatable bonds is 5. The summed E-state index contributed by atoms with van der Waals surface area (Å²) in [5.41, 5.74) is 0.665. The van der Waals surface area contributed by atoms with E-state index in [-0.39, 0.29) is 5.91 Å². The summed E-state index contributed by atoms with van der Waals surface area (Å²) in [7, 11) is 1.85. The summed E-state index contributed by atoms with van der Waals surface area (Å²) in [5, 5.41) is 7.16. The van der Waals surface area contributed by atoms with Gasteiger partial charge in [-0.1, -0.05) is 11.2 Å². The molecule has 0 aromatic carbocycles. The maximum atomic E-state index is 12.2. The van der Waals surface area contributed by atoms with E-state index in [2.05, 4.69) is 20.4 Å². The molecule has 1 atom stereocenters. The van der Waals surface area contributed by atoms with Crippen molar-refractivity contribution in [1.29, 1.82) is 0 Å². The molecular formula is C15H19N5O2. The van der Waals surface area contributed by atoms with Crippen molar-refractivity contribution in [1.82, 2.24) is 25.3 Å². The zero-order valence-electron chi connectivity index (χ0n) is 12.5. The molecule has 2 aromatic heterocycles. The number of nitrogens with one attached hydrogen (secondary N) is 1. The number of nitrogens with zero attached hydrogens (tertiary/aromatic N) is 4. The van der Waals surface area contributed by atoms with Gasteiger partial charge in [-0.3, -0.25) is 9.78 Å². The van der Waals surface area contributed by atoms with E-state index in [1.807, 2.05) is 30.1 Å². The molecule has 7 nitrogen and oxygen atoms in total. The zero-order valence-corrected chi connectivity index (χ0v) is 12.5. The van der Waals surface area contributed by atoms with Gasteiger partial charge in [0.1, 0.15) is 5.69 Å². The van der Waals surface area contributed by atoms with Crippen molar-refractivity contribution < 1.29 is 9.32 Å². The second-order valence-corrected chi connectivity index (χ2v) is 5.38. The zero-order chi connectivity index (χ0) is 15.4. The molecule has 3 rings (SSSR count). The smallest absolute Gasteiger partial charge is 0.227 e. The number of carbonyl (C=O) groups is 1. The van der Waals surface area contributed by atoms with Crippen molar-refractivity contribution in [3.05, 3.63) is 30.3 Å². The van der Waals surface area contributed by atoms with Crippen molar-refractivity contribution in [3.63, 3.8) is 0 Å². The fourth-order valence-corrected chi connectivity index (χ4v) is 2.52. The van der Waals surface area contributed by atoms with Gasteiger partial charge in [0.05, 0.1) is 0 Å². The summed E-state index contributed by atoms with van der Waals surface area (Å²) >= 11 is 0. The van der Waals surface area contributed by atoms with Gasteiger partial charge in [0.25, 0.3) is 0 Å². The summed E-state index contributed by atoms with van der Waals surface area (Å²) in [4.78, 5) is 22.4.